The van der Waals surface area contributed by atoms with Crippen LogP contribution in [0.2, 0.25) is 0 Å². The molecule has 1 aliphatic heterocycles. The molecule has 1 aliphatic rings. The summed E-state index contributed by atoms with van der Waals surface area (Å²) < 4.78 is 0. The standard InChI is InChI=1S/C15H15N5O2/c21-13-6-2-4-8-20(13)19-15(22)11-9-17-14(18-10-11)12-5-1-3-7-16-12/h1,3,5,7,9-10H,2,4,6,8H2,(H,19,22). The summed E-state index contributed by atoms with van der Waals surface area (Å²) in [7, 11) is 0. The average Bonchev–Trinajstić information content (AvgIpc) is 2.58. The molecule has 3 heterocycles. The zero-order valence-corrected chi connectivity index (χ0v) is 11.9. The Labute approximate surface area is 127 Å². The quantitative estimate of drug-likeness (QED) is 0.919. The molecule has 0 saturated carbocycles. The third-order valence-corrected chi connectivity index (χ3v) is 3.37. The summed E-state index contributed by atoms with van der Waals surface area (Å²) >= 11 is 0. The van der Waals surface area contributed by atoms with E-state index in [1.165, 1.54) is 17.4 Å². The minimum absolute atomic E-state index is 0.0642. The van der Waals surface area contributed by atoms with E-state index < -0.39 is 0 Å². The van der Waals surface area contributed by atoms with Gasteiger partial charge in [0.25, 0.3) is 5.91 Å². The molecule has 22 heavy (non-hydrogen) atoms. The van der Waals surface area contributed by atoms with Gasteiger partial charge < -0.3 is 0 Å². The molecule has 2 aromatic rings. The van der Waals surface area contributed by atoms with E-state index in [-0.39, 0.29) is 11.8 Å². The molecule has 112 valence electrons. The van der Waals surface area contributed by atoms with Gasteiger partial charge in [-0.1, -0.05) is 6.07 Å². The summed E-state index contributed by atoms with van der Waals surface area (Å²) in [6.45, 7) is 0.539. The fraction of sp³-hybridized carbons (Fsp3) is 0.267. The fourth-order valence-electron chi connectivity index (χ4n) is 2.18. The molecule has 3 rings (SSSR count). The number of carbonyl (C=O) groups excluding carboxylic acids is 2. The van der Waals surface area contributed by atoms with Crippen molar-refractivity contribution < 1.29 is 9.59 Å². The Balaban J connectivity index is 1.70. The maximum Gasteiger partial charge on any atom is 0.273 e. The smallest absolute Gasteiger partial charge is 0.273 e. The SMILES string of the molecule is O=C(NN1CCCCC1=O)c1cnc(-c2ccccn2)nc1. The van der Waals surface area contributed by atoms with Crippen LogP contribution in [0.5, 0.6) is 0 Å². The second-order valence-electron chi connectivity index (χ2n) is 4.95. The Hall–Kier alpha value is -2.83. The van der Waals surface area contributed by atoms with Crippen molar-refractivity contribution in [1.82, 2.24) is 25.4 Å². The van der Waals surface area contributed by atoms with Gasteiger partial charge >= 0.3 is 0 Å². The second kappa shape index (κ2) is 6.30. The van der Waals surface area contributed by atoms with Crippen molar-refractivity contribution in [2.75, 3.05) is 6.54 Å². The van der Waals surface area contributed by atoms with Gasteiger partial charge in [0.05, 0.1) is 5.56 Å². The zero-order chi connectivity index (χ0) is 15.4. The van der Waals surface area contributed by atoms with E-state index in [1.807, 2.05) is 6.07 Å². The van der Waals surface area contributed by atoms with Gasteiger partial charge in [-0.2, -0.15) is 0 Å². The third kappa shape index (κ3) is 3.08. The van der Waals surface area contributed by atoms with Crippen LogP contribution in [0, 0.1) is 0 Å². The van der Waals surface area contributed by atoms with Crippen LogP contribution >= 0.6 is 0 Å². The van der Waals surface area contributed by atoms with Gasteiger partial charge in [-0.05, 0) is 25.0 Å². The molecule has 2 aromatic heterocycles. The summed E-state index contributed by atoms with van der Waals surface area (Å²) in [6.07, 6.45) is 6.74. The number of hydrazine groups is 1. The van der Waals surface area contributed by atoms with E-state index in [0.29, 0.717) is 30.0 Å². The van der Waals surface area contributed by atoms with E-state index in [9.17, 15) is 9.59 Å². The van der Waals surface area contributed by atoms with E-state index >= 15 is 0 Å². The number of rotatable bonds is 3. The Morgan fingerprint density at radius 1 is 1.14 bits per heavy atom. The first-order chi connectivity index (χ1) is 10.7. The predicted octanol–water partition coefficient (Wildman–Crippen LogP) is 1.20. The van der Waals surface area contributed by atoms with Gasteiger partial charge in [-0.25, -0.2) is 9.97 Å². The highest BCUT2D eigenvalue weighted by Crippen LogP contribution is 2.11. The number of nitrogens with zero attached hydrogens (tertiary/aromatic N) is 4. The Morgan fingerprint density at radius 2 is 1.95 bits per heavy atom. The molecule has 7 heteroatoms. The monoisotopic (exact) mass is 297 g/mol. The maximum atomic E-state index is 12.1. The zero-order valence-electron chi connectivity index (χ0n) is 11.9. The highest BCUT2D eigenvalue weighted by Gasteiger charge is 2.20. The molecule has 0 bridgehead atoms. The molecule has 0 atom stereocenters. The van der Waals surface area contributed by atoms with E-state index in [1.54, 1.807) is 18.3 Å². The lowest BCUT2D eigenvalue weighted by atomic mass is 10.1. The summed E-state index contributed by atoms with van der Waals surface area (Å²) in [6, 6.07) is 5.44. The van der Waals surface area contributed by atoms with Gasteiger partial charge in [0.1, 0.15) is 5.69 Å². The molecule has 0 aromatic carbocycles. The highest BCUT2D eigenvalue weighted by molar-refractivity contribution is 5.95. The topological polar surface area (TPSA) is 88.1 Å². The van der Waals surface area contributed by atoms with Crippen LogP contribution in [0.15, 0.2) is 36.8 Å². The Bertz CT molecular complexity index is 672. The van der Waals surface area contributed by atoms with Crippen molar-refractivity contribution >= 4 is 11.8 Å². The van der Waals surface area contributed by atoms with Crippen molar-refractivity contribution in [3.05, 3.63) is 42.4 Å². The largest absolute Gasteiger partial charge is 0.273 e. The van der Waals surface area contributed by atoms with E-state index in [0.717, 1.165) is 12.8 Å². The lowest BCUT2D eigenvalue weighted by molar-refractivity contribution is -0.135. The molecule has 1 fully saturated rings. The van der Waals surface area contributed by atoms with Gasteiger partial charge in [-0.3, -0.25) is 25.0 Å². The number of nitrogens with one attached hydrogen (secondary N) is 1. The number of hydrogen-bond donors (Lipinski definition) is 1. The number of pyridine rings is 1. The van der Waals surface area contributed by atoms with Crippen molar-refractivity contribution in [3.8, 4) is 11.5 Å². The van der Waals surface area contributed by atoms with Crippen LogP contribution in [0.4, 0.5) is 0 Å². The van der Waals surface area contributed by atoms with Crippen molar-refractivity contribution in [3.63, 3.8) is 0 Å². The Kier molecular flexibility index (Phi) is 4.04. The van der Waals surface area contributed by atoms with Crippen molar-refractivity contribution in [1.29, 1.82) is 0 Å². The van der Waals surface area contributed by atoms with Crippen LogP contribution in [0.1, 0.15) is 29.6 Å². The van der Waals surface area contributed by atoms with Gasteiger partial charge in [0.2, 0.25) is 5.91 Å². The first-order valence-corrected chi connectivity index (χ1v) is 7.09. The molecule has 7 nitrogen and oxygen atoms in total. The van der Waals surface area contributed by atoms with Crippen LogP contribution in [0.25, 0.3) is 11.5 Å². The number of hydrogen-bond acceptors (Lipinski definition) is 5. The number of carbonyl (C=O) groups is 2. The van der Waals surface area contributed by atoms with E-state index in [4.69, 9.17) is 0 Å². The van der Waals surface area contributed by atoms with Crippen LogP contribution in [-0.2, 0) is 4.79 Å². The molecule has 0 aliphatic carbocycles. The molecule has 1 saturated heterocycles. The summed E-state index contributed by atoms with van der Waals surface area (Å²) in [5, 5.41) is 1.36. The normalized spacial score (nSPS) is 14.7. The highest BCUT2D eigenvalue weighted by atomic mass is 16.2. The van der Waals surface area contributed by atoms with Crippen LogP contribution < -0.4 is 5.43 Å². The van der Waals surface area contributed by atoms with Crippen molar-refractivity contribution in [2.45, 2.75) is 19.3 Å². The van der Waals surface area contributed by atoms with Crippen LogP contribution in [-0.4, -0.2) is 38.3 Å². The lowest BCUT2D eigenvalue weighted by Gasteiger charge is -2.26. The number of amides is 2. The molecule has 2 amide bonds. The van der Waals surface area contributed by atoms with Gasteiger partial charge in [0.15, 0.2) is 5.82 Å². The molecular formula is C15H15N5O2. The Morgan fingerprint density at radius 3 is 2.64 bits per heavy atom. The first-order valence-electron chi connectivity index (χ1n) is 7.09. The number of piperidine rings is 1. The first kappa shape index (κ1) is 14.1. The van der Waals surface area contributed by atoms with Gasteiger partial charge in [0, 0.05) is 31.6 Å². The molecule has 0 radical (unpaired) electrons. The minimum Gasteiger partial charge on any atom is -0.273 e. The average molecular weight is 297 g/mol. The molecule has 0 unspecified atom stereocenters. The number of aromatic nitrogens is 3. The second-order valence-corrected chi connectivity index (χ2v) is 4.95. The summed E-state index contributed by atoms with van der Waals surface area (Å²) in [4.78, 5) is 36.2. The summed E-state index contributed by atoms with van der Waals surface area (Å²) in [5.41, 5.74) is 3.54. The lowest BCUT2D eigenvalue weighted by Crippen LogP contribution is -2.48. The molecular weight excluding hydrogens is 282 g/mol. The van der Waals surface area contributed by atoms with E-state index in [2.05, 4.69) is 20.4 Å². The minimum atomic E-state index is -0.386. The van der Waals surface area contributed by atoms with Crippen LogP contribution in [0.3, 0.4) is 0 Å². The molecule has 1 N–H and O–H groups in total. The maximum absolute atomic E-state index is 12.1. The molecule has 0 spiro atoms. The van der Waals surface area contributed by atoms with Gasteiger partial charge in [-0.15, -0.1) is 0 Å². The van der Waals surface area contributed by atoms with Crippen molar-refractivity contribution in [2.24, 2.45) is 0 Å². The fourth-order valence-corrected chi connectivity index (χ4v) is 2.18. The summed E-state index contributed by atoms with van der Waals surface area (Å²) in [5.74, 6) is -0.000330. The third-order valence-electron chi connectivity index (χ3n) is 3.37. The predicted molar refractivity (Wildman–Crippen MR) is 78.3 cm³/mol.